The first-order valence-electron chi connectivity index (χ1n) is 6.71. The van der Waals surface area contributed by atoms with Crippen molar-refractivity contribution < 1.29 is 4.74 Å². The molecule has 0 spiro atoms. The first kappa shape index (κ1) is 14.9. The van der Waals surface area contributed by atoms with Crippen LogP contribution in [0, 0.1) is 6.92 Å². The second kappa shape index (κ2) is 7.32. The Hall–Kier alpha value is -1.51. The Morgan fingerprint density at radius 3 is 2.35 bits per heavy atom. The Balaban J connectivity index is 1.93. The minimum atomic E-state index is 0.564. The molecular formula is C17H20ClNO. The number of nitrogens with one attached hydrogen (secondary N) is 1. The lowest BCUT2D eigenvalue weighted by Crippen LogP contribution is -2.13. The summed E-state index contributed by atoms with van der Waals surface area (Å²) in [6, 6.07) is 14.6. The molecule has 0 saturated carbocycles. The third-order valence-electron chi connectivity index (χ3n) is 3.26. The Morgan fingerprint density at radius 1 is 1.00 bits per heavy atom. The predicted octanol–water partition coefficient (Wildman–Crippen LogP) is 4.03. The van der Waals surface area contributed by atoms with E-state index in [1.165, 1.54) is 16.7 Å². The number of benzene rings is 2. The maximum atomic E-state index is 5.78. The predicted molar refractivity (Wildman–Crippen MR) is 84.3 cm³/mol. The van der Waals surface area contributed by atoms with Crippen LogP contribution in [0.1, 0.15) is 22.3 Å². The number of ether oxygens (including phenoxy) is 1. The van der Waals surface area contributed by atoms with Crippen LogP contribution in [-0.2, 0) is 19.0 Å². The van der Waals surface area contributed by atoms with Gasteiger partial charge in [0.15, 0.2) is 0 Å². The van der Waals surface area contributed by atoms with Crippen molar-refractivity contribution in [2.45, 2.75) is 25.9 Å². The third kappa shape index (κ3) is 3.99. The molecule has 0 aliphatic heterocycles. The molecule has 0 heterocycles. The van der Waals surface area contributed by atoms with Gasteiger partial charge in [0.2, 0.25) is 0 Å². The number of rotatable bonds is 6. The molecule has 0 radical (unpaired) electrons. The maximum absolute atomic E-state index is 5.78. The van der Waals surface area contributed by atoms with E-state index in [9.17, 15) is 0 Å². The van der Waals surface area contributed by atoms with Crippen molar-refractivity contribution in [3.05, 3.63) is 64.7 Å². The molecule has 0 aliphatic carbocycles. The summed E-state index contributed by atoms with van der Waals surface area (Å²) in [7, 11) is 1.71. The molecule has 0 saturated heterocycles. The van der Waals surface area contributed by atoms with E-state index in [1.807, 2.05) is 6.07 Å². The average molecular weight is 290 g/mol. The second-order valence-electron chi connectivity index (χ2n) is 4.87. The molecular weight excluding hydrogens is 270 g/mol. The first-order valence-corrected chi connectivity index (χ1v) is 7.24. The van der Waals surface area contributed by atoms with Crippen LogP contribution in [0.15, 0.2) is 42.5 Å². The summed E-state index contributed by atoms with van der Waals surface area (Å²) in [6.07, 6.45) is 0. The van der Waals surface area contributed by atoms with Crippen molar-refractivity contribution >= 4 is 11.6 Å². The summed E-state index contributed by atoms with van der Waals surface area (Å²) in [5, 5.41) is 3.44. The lowest BCUT2D eigenvalue weighted by atomic mass is 10.1. The molecule has 0 amide bonds. The molecule has 2 rings (SSSR count). The van der Waals surface area contributed by atoms with E-state index < -0.39 is 0 Å². The van der Waals surface area contributed by atoms with Gasteiger partial charge in [-0.1, -0.05) is 42.0 Å². The molecule has 20 heavy (non-hydrogen) atoms. The Labute approximate surface area is 125 Å². The number of alkyl halides is 1. The van der Waals surface area contributed by atoms with Gasteiger partial charge in [0.1, 0.15) is 5.75 Å². The van der Waals surface area contributed by atoms with Crippen molar-refractivity contribution in [1.82, 2.24) is 5.32 Å². The molecule has 2 aromatic carbocycles. The minimum absolute atomic E-state index is 0.564. The molecule has 0 atom stereocenters. The molecule has 106 valence electrons. The summed E-state index contributed by atoms with van der Waals surface area (Å²) in [6.45, 7) is 3.72. The van der Waals surface area contributed by atoms with E-state index in [4.69, 9.17) is 16.3 Å². The monoisotopic (exact) mass is 289 g/mol. The van der Waals surface area contributed by atoms with Gasteiger partial charge >= 0.3 is 0 Å². The van der Waals surface area contributed by atoms with E-state index in [2.05, 4.69) is 48.6 Å². The number of aryl methyl sites for hydroxylation is 1. The topological polar surface area (TPSA) is 21.3 Å². The lowest BCUT2D eigenvalue weighted by Gasteiger charge is -2.11. The number of methoxy groups -OCH3 is 1. The fraction of sp³-hybridized carbons (Fsp3) is 0.294. The molecule has 1 N–H and O–H groups in total. The van der Waals surface area contributed by atoms with E-state index in [0.717, 1.165) is 24.4 Å². The highest BCUT2D eigenvalue weighted by Crippen LogP contribution is 2.19. The fourth-order valence-corrected chi connectivity index (χ4v) is 2.31. The van der Waals surface area contributed by atoms with E-state index >= 15 is 0 Å². The van der Waals surface area contributed by atoms with Crippen LogP contribution < -0.4 is 10.1 Å². The molecule has 0 fully saturated rings. The summed E-state index contributed by atoms with van der Waals surface area (Å²) < 4.78 is 5.38. The van der Waals surface area contributed by atoms with Crippen LogP contribution in [0.5, 0.6) is 5.75 Å². The van der Waals surface area contributed by atoms with Crippen LogP contribution >= 0.6 is 11.6 Å². The second-order valence-corrected chi connectivity index (χ2v) is 5.14. The molecule has 0 bridgehead atoms. The van der Waals surface area contributed by atoms with Gasteiger partial charge in [-0.2, -0.15) is 0 Å². The quantitative estimate of drug-likeness (QED) is 0.811. The standard InChI is InChI=1S/C17H20ClNO/c1-13-3-8-17(20-2)16(9-13)12-19-11-15-6-4-14(10-18)5-7-15/h3-9,19H,10-12H2,1-2H3. The van der Waals surface area contributed by atoms with Gasteiger partial charge in [-0.25, -0.2) is 0 Å². The molecule has 0 aromatic heterocycles. The zero-order chi connectivity index (χ0) is 14.4. The zero-order valence-electron chi connectivity index (χ0n) is 11.9. The highest BCUT2D eigenvalue weighted by molar-refractivity contribution is 6.17. The zero-order valence-corrected chi connectivity index (χ0v) is 12.7. The Bertz CT molecular complexity index is 551. The third-order valence-corrected chi connectivity index (χ3v) is 3.57. The summed E-state index contributed by atoms with van der Waals surface area (Å²) in [4.78, 5) is 0. The van der Waals surface area contributed by atoms with Crippen LogP contribution in [0.2, 0.25) is 0 Å². The van der Waals surface area contributed by atoms with Gasteiger partial charge in [0, 0.05) is 24.5 Å². The summed E-state index contributed by atoms with van der Waals surface area (Å²) >= 11 is 5.78. The van der Waals surface area contributed by atoms with Crippen molar-refractivity contribution in [3.63, 3.8) is 0 Å². The van der Waals surface area contributed by atoms with Gasteiger partial charge in [-0.15, -0.1) is 11.6 Å². The number of hydrogen-bond acceptors (Lipinski definition) is 2. The fourth-order valence-electron chi connectivity index (χ4n) is 2.13. The van der Waals surface area contributed by atoms with Crippen LogP contribution in [0.3, 0.4) is 0 Å². The van der Waals surface area contributed by atoms with Gasteiger partial charge in [-0.3, -0.25) is 0 Å². The normalized spacial score (nSPS) is 10.6. The lowest BCUT2D eigenvalue weighted by molar-refractivity contribution is 0.407. The molecule has 2 aromatic rings. The van der Waals surface area contributed by atoms with E-state index in [1.54, 1.807) is 7.11 Å². The highest BCUT2D eigenvalue weighted by atomic mass is 35.5. The van der Waals surface area contributed by atoms with E-state index in [0.29, 0.717) is 5.88 Å². The molecule has 0 aliphatic rings. The Kier molecular flexibility index (Phi) is 5.45. The average Bonchev–Trinajstić information content (AvgIpc) is 2.48. The van der Waals surface area contributed by atoms with Crippen molar-refractivity contribution in [1.29, 1.82) is 0 Å². The molecule has 0 unspecified atom stereocenters. The van der Waals surface area contributed by atoms with Gasteiger partial charge in [0.25, 0.3) is 0 Å². The van der Waals surface area contributed by atoms with Crippen LogP contribution in [-0.4, -0.2) is 7.11 Å². The maximum Gasteiger partial charge on any atom is 0.123 e. The number of hydrogen-bond donors (Lipinski definition) is 1. The first-order chi connectivity index (χ1) is 9.72. The van der Waals surface area contributed by atoms with Gasteiger partial charge in [0.05, 0.1) is 7.11 Å². The van der Waals surface area contributed by atoms with Gasteiger partial charge in [-0.05, 0) is 24.1 Å². The molecule has 2 nitrogen and oxygen atoms in total. The largest absolute Gasteiger partial charge is 0.496 e. The highest BCUT2D eigenvalue weighted by Gasteiger charge is 2.03. The summed E-state index contributed by atoms with van der Waals surface area (Å²) in [5.41, 5.74) is 4.83. The van der Waals surface area contributed by atoms with Crippen molar-refractivity contribution in [3.8, 4) is 5.75 Å². The SMILES string of the molecule is COc1ccc(C)cc1CNCc1ccc(CCl)cc1. The summed E-state index contributed by atoms with van der Waals surface area (Å²) in [5.74, 6) is 1.49. The smallest absolute Gasteiger partial charge is 0.123 e. The molecule has 3 heteroatoms. The van der Waals surface area contributed by atoms with Gasteiger partial charge < -0.3 is 10.1 Å². The van der Waals surface area contributed by atoms with Crippen molar-refractivity contribution in [2.75, 3.05) is 7.11 Å². The van der Waals surface area contributed by atoms with Crippen molar-refractivity contribution in [2.24, 2.45) is 0 Å². The Morgan fingerprint density at radius 2 is 1.70 bits per heavy atom. The van der Waals surface area contributed by atoms with Crippen LogP contribution in [0.25, 0.3) is 0 Å². The number of halogens is 1. The van der Waals surface area contributed by atoms with Crippen LogP contribution in [0.4, 0.5) is 0 Å². The van der Waals surface area contributed by atoms with E-state index in [-0.39, 0.29) is 0 Å². The minimum Gasteiger partial charge on any atom is -0.496 e.